The molecule has 8 nitrogen and oxygen atoms in total. The molecule has 2 aliphatic heterocycles. The van der Waals surface area contributed by atoms with Crippen LogP contribution in [0.15, 0.2) is 96.2 Å². The molecule has 1 unspecified atom stereocenters. The Morgan fingerprint density at radius 1 is 0.907 bits per heavy atom. The highest BCUT2D eigenvalue weighted by Gasteiger charge is 2.38. The first-order valence-electron chi connectivity index (χ1n) is 15.0. The molecule has 0 spiro atoms. The highest BCUT2D eigenvalue weighted by molar-refractivity contribution is 5.97. The van der Waals surface area contributed by atoms with Gasteiger partial charge in [-0.15, -0.1) is 0 Å². The van der Waals surface area contributed by atoms with E-state index in [0.29, 0.717) is 22.8 Å². The second-order valence-electron chi connectivity index (χ2n) is 11.0. The van der Waals surface area contributed by atoms with Gasteiger partial charge in [-0.2, -0.15) is 0 Å². The number of nitrogens with zero attached hydrogens (tertiary/aromatic N) is 2. The lowest BCUT2D eigenvalue weighted by Crippen LogP contribution is -2.49. The molecule has 1 saturated heterocycles. The molecule has 0 bridgehead atoms. The monoisotopic (exact) mass is 581 g/mol. The number of hydrogen-bond donors (Lipinski definition) is 1. The Labute approximate surface area is 253 Å². The summed E-state index contributed by atoms with van der Waals surface area (Å²) in [5.74, 6) is -0.140. The largest absolute Gasteiger partial charge is 0.463 e. The van der Waals surface area contributed by atoms with Crippen LogP contribution in [-0.2, 0) is 25.7 Å². The summed E-state index contributed by atoms with van der Waals surface area (Å²) >= 11 is 0. The van der Waals surface area contributed by atoms with Gasteiger partial charge in [-0.3, -0.25) is 14.5 Å². The van der Waals surface area contributed by atoms with Crippen molar-refractivity contribution in [1.29, 1.82) is 0 Å². The number of piperidine rings is 1. The number of para-hydroxylation sites is 1. The maximum absolute atomic E-state index is 13.5. The van der Waals surface area contributed by atoms with Crippen molar-refractivity contribution in [2.75, 3.05) is 26.2 Å². The van der Waals surface area contributed by atoms with Crippen LogP contribution in [0.2, 0.25) is 0 Å². The van der Waals surface area contributed by atoms with Crippen molar-refractivity contribution in [2.45, 2.75) is 51.6 Å². The van der Waals surface area contributed by atoms with Crippen LogP contribution in [0.3, 0.4) is 0 Å². The standard InChI is InChI=1S/C35H39N3O5/c1-3-42-35(41)34-25(2)38(24-32(39)36-28-17-19-37(20-18-28)23-26-11-6-4-7-12-26)33(40)22-31(34)27-13-10-16-30(21-27)43-29-14-8-5-9-15-29/h4-16,21,28,31H,3,17-20,22-24H2,1-2H3,(H,36,39). The number of rotatable bonds is 10. The molecule has 0 saturated carbocycles. The summed E-state index contributed by atoms with van der Waals surface area (Å²) in [6.07, 6.45) is 1.74. The molecule has 3 aromatic carbocycles. The molecule has 5 rings (SSSR count). The van der Waals surface area contributed by atoms with Gasteiger partial charge >= 0.3 is 5.97 Å². The minimum atomic E-state index is -0.515. The van der Waals surface area contributed by atoms with Gasteiger partial charge in [-0.25, -0.2) is 4.79 Å². The number of amides is 2. The van der Waals surface area contributed by atoms with Crippen LogP contribution in [0, 0.1) is 0 Å². The lowest BCUT2D eigenvalue weighted by atomic mass is 9.83. The summed E-state index contributed by atoms with van der Waals surface area (Å²) in [4.78, 5) is 43.6. The SMILES string of the molecule is CCOC(=O)C1=C(C)N(CC(=O)NC2CCN(Cc3ccccc3)CC2)C(=O)CC1c1cccc(Oc2ccccc2)c1. The van der Waals surface area contributed by atoms with E-state index in [1.165, 1.54) is 10.5 Å². The summed E-state index contributed by atoms with van der Waals surface area (Å²) in [5, 5.41) is 3.12. The molecule has 224 valence electrons. The van der Waals surface area contributed by atoms with Gasteiger partial charge in [0.05, 0.1) is 12.2 Å². The fourth-order valence-corrected chi connectivity index (χ4v) is 5.87. The first-order chi connectivity index (χ1) is 20.9. The van der Waals surface area contributed by atoms with E-state index in [2.05, 4.69) is 22.3 Å². The molecule has 2 aliphatic rings. The predicted octanol–water partition coefficient (Wildman–Crippen LogP) is 5.41. The molecule has 8 heteroatoms. The number of esters is 1. The quantitative estimate of drug-likeness (QED) is 0.322. The summed E-state index contributed by atoms with van der Waals surface area (Å²) < 4.78 is 11.4. The molecule has 1 N–H and O–H groups in total. The molecule has 1 atom stereocenters. The van der Waals surface area contributed by atoms with Crippen molar-refractivity contribution in [3.05, 3.63) is 107 Å². The zero-order valence-electron chi connectivity index (χ0n) is 24.8. The van der Waals surface area contributed by atoms with Crippen LogP contribution in [-0.4, -0.2) is 59.9 Å². The smallest absolute Gasteiger partial charge is 0.336 e. The maximum Gasteiger partial charge on any atom is 0.336 e. The van der Waals surface area contributed by atoms with Gasteiger partial charge in [0, 0.05) is 43.7 Å². The van der Waals surface area contributed by atoms with E-state index >= 15 is 0 Å². The lowest BCUT2D eigenvalue weighted by Gasteiger charge is -2.35. The minimum absolute atomic E-state index is 0.0471. The van der Waals surface area contributed by atoms with Crippen LogP contribution in [0.4, 0.5) is 0 Å². The third-order valence-corrected chi connectivity index (χ3v) is 8.06. The predicted molar refractivity (Wildman–Crippen MR) is 164 cm³/mol. The van der Waals surface area contributed by atoms with E-state index in [1.54, 1.807) is 13.8 Å². The van der Waals surface area contributed by atoms with Gasteiger partial charge in [0.2, 0.25) is 11.8 Å². The molecule has 1 fully saturated rings. The van der Waals surface area contributed by atoms with Gasteiger partial charge < -0.3 is 19.7 Å². The maximum atomic E-state index is 13.5. The number of hydrogen-bond acceptors (Lipinski definition) is 6. The van der Waals surface area contributed by atoms with Gasteiger partial charge in [-0.05, 0) is 62.1 Å². The summed E-state index contributed by atoms with van der Waals surface area (Å²) in [5.41, 5.74) is 2.89. The summed E-state index contributed by atoms with van der Waals surface area (Å²) in [6, 6.07) is 27.3. The Kier molecular flexibility index (Phi) is 9.89. The van der Waals surface area contributed by atoms with E-state index in [1.807, 2.05) is 72.8 Å². The fourth-order valence-electron chi connectivity index (χ4n) is 5.87. The molecule has 3 aromatic rings. The molecular formula is C35H39N3O5. The molecule has 0 radical (unpaired) electrons. The van der Waals surface area contributed by atoms with Crippen LogP contribution >= 0.6 is 0 Å². The Balaban J connectivity index is 1.26. The zero-order chi connectivity index (χ0) is 30.2. The number of likely N-dealkylation sites (tertiary alicyclic amines) is 1. The topological polar surface area (TPSA) is 88.2 Å². The fraction of sp³-hybridized carbons (Fsp3) is 0.343. The van der Waals surface area contributed by atoms with E-state index < -0.39 is 11.9 Å². The van der Waals surface area contributed by atoms with Crippen molar-refractivity contribution < 1.29 is 23.9 Å². The number of carbonyl (C=O) groups excluding carboxylic acids is 3. The number of nitrogens with one attached hydrogen (secondary N) is 1. The van der Waals surface area contributed by atoms with E-state index in [-0.39, 0.29) is 37.4 Å². The van der Waals surface area contributed by atoms with Crippen molar-refractivity contribution in [2.24, 2.45) is 0 Å². The lowest BCUT2D eigenvalue weighted by molar-refractivity contribution is -0.141. The number of ether oxygens (including phenoxy) is 2. The second kappa shape index (κ2) is 14.2. The molecule has 2 amide bonds. The zero-order valence-corrected chi connectivity index (χ0v) is 24.8. The van der Waals surface area contributed by atoms with Gasteiger partial charge in [0.25, 0.3) is 0 Å². The summed E-state index contributed by atoms with van der Waals surface area (Å²) in [7, 11) is 0. The molecule has 0 aliphatic carbocycles. The highest BCUT2D eigenvalue weighted by atomic mass is 16.5. The van der Waals surface area contributed by atoms with Crippen molar-refractivity contribution in [3.8, 4) is 11.5 Å². The molecule has 0 aromatic heterocycles. The van der Waals surface area contributed by atoms with Gasteiger partial charge in [-0.1, -0.05) is 60.7 Å². The van der Waals surface area contributed by atoms with E-state index in [0.717, 1.165) is 38.0 Å². The Morgan fingerprint density at radius 3 is 2.28 bits per heavy atom. The Bertz CT molecular complexity index is 1450. The molecular weight excluding hydrogens is 542 g/mol. The number of carbonyl (C=O) groups is 3. The van der Waals surface area contributed by atoms with Crippen molar-refractivity contribution in [1.82, 2.24) is 15.1 Å². The molecule has 2 heterocycles. The average molecular weight is 582 g/mol. The Hall–Kier alpha value is -4.43. The second-order valence-corrected chi connectivity index (χ2v) is 11.0. The highest BCUT2D eigenvalue weighted by Crippen LogP contribution is 2.38. The van der Waals surface area contributed by atoms with Crippen LogP contribution in [0.5, 0.6) is 11.5 Å². The third-order valence-electron chi connectivity index (χ3n) is 8.06. The van der Waals surface area contributed by atoms with E-state index in [9.17, 15) is 14.4 Å². The van der Waals surface area contributed by atoms with Crippen LogP contribution in [0.25, 0.3) is 0 Å². The first kappa shape index (κ1) is 30.0. The average Bonchev–Trinajstić information content (AvgIpc) is 3.01. The van der Waals surface area contributed by atoms with E-state index in [4.69, 9.17) is 9.47 Å². The van der Waals surface area contributed by atoms with Crippen molar-refractivity contribution >= 4 is 17.8 Å². The number of allylic oxidation sites excluding steroid dienone is 1. The third kappa shape index (κ3) is 7.70. The Morgan fingerprint density at radius 2 is 1.58 bits per heavy atom. The number of benzene rings is 3. The summed E-state index contributed by atoms with van der Waals surface area (Å²) in [6.45, 7) is 6.22. The van der Waals surface area contributed by atoms with Gasteiger partial charge in [0.15, 0.2) is 0 Å². The van der Waals surface area contributed by atoms with Crippen molar-refractivity contribution in [3.63, 3.8) is 0 Å². The van der Waals surface area contributed by atoms with Gasteiger partial charge in [0.1, 0.15) is 18.0 Å². The normalized spacial score (nSPS) is 18.0. The van der Waals surface area contributed by atoms with Crippen LogP contribution in [0.1, 0.15) is 50.2 Å². The first-order valence-corrected chi connectivity index (χ1v) is 15.0. The van der Waals surface area contributed by atoms with Crippen LogP contribution < -0.4 is 10.1 Å². The molecule has 43 heavy (non-hydrogen) atoms. The minimum Gasteiger partial charge on any atom is -0.463 e.